The Morgan fingerprint density at radius 2 is 1.81 bits per heavy atom. The molecule has 0 amide bonds. The van der Waals surface area contributed by atoms with Crippen LogP contribution < -0.4 is 14.8 Å². The number of ether oxygens (including phenoxy) is 2. The van der Waals surface area contributed by atoms with Crippen LogP contribution in [0.15, 0.2) is 40.9 Å². The lowest BCUT2D eigenvalue weighted by atomic mass is 9.98. The van der Waals surface area contributed by atoms with Gasteiger partial charge in [-0.25, -0.2) is 0 Å². The van der Waals surface area contributed by atoms with Gasteiger partial charge in [0.05, 0.1) is 6.04 Å². The summed E-state index contributed by atoms with van der Waals surface area (Å²) in [7, 11) is 1.93. The second-order valence-corrected chi connectivity index (χ2v) is 6.18. The normalized spacial score (nSPS) is 14.8. The monoisotopic (exact) mass is 367 g/mol. The van der Waals surface area contributed by atoms with Gasteiger partial charge >= 0.3 is 0 Å². The maximum absolute atomic E-state index is 6.15. The third-order valence-electron chi connectivity index (χ3n) is 3.41. The highest BCUT2D eigenvalue weighted by Gasteiger charge is 2.18. The topological polar surface area (TPSA) is 30.5 Å². The molecule has 1 aliphatic heterocycles. The van der Waals surface area contributed by atoms with Crippen molar-refractivity contribution in [1.82, 2.24) is 5.32 Å². The van der Waals surface area contributed by atoms with Crippen LogP contribution in [0, 0.1) is 0 Å². The zero-order valence-electron chi connectivity index (χ0n) is 11.5. The van der Waals surface area contributed by atoms with E-state index in [2.05, 4.69) is 27.3 Å². The van der Waals surface area contributed by atoms with Crippen molar-refractivity contribution in [3.05, 3.63) is 57.0 Å². The van der Waals surface area contributed by atoms with Gasteiger partial charge in [-0.05, 0) is 48.5 Å². The standard InChI is InChI=1S/C16H15BrClNO2/c1-19-16(11-6-12(17)9-13(18)7-11)10-2-3-14-15(8-10)21-5-4-20-14/h2-3,6-9,16,19H,4-5H2,1H3. The highest BCUT2D eigenvalue weighted by atomic mass is 79.9. The van der Waals surface area contributed by atoms with Gasteiger partial charge in [-0.3, -0.25) is 0 Å². The number of hydrogen-bond acceptors (Lipinski definition) is 3. The second kappa shape index (κ2) is 6.26. The number of benzene rings is 2. The molecule has 0 bridgehead atoms. The molecular weight excluding hydrogens is 354 g/mol. The van der Waals surface area contributed by atoms with Crippen LogP contribution in [-0.4, -0.2) is 20.3 Å². The number of nitrogens with one attached hydrogen (secondary N) is 1. The first-order valence-electron chi connectivity index (χ1n) is 6.70. The lowest BCUT2D eigenvalue weighted by Gasteiger charge is -2.22. The van der Waals surface area contributed by atoms with Gasteiger partial charge in [0.2, 0.25) is 0 Å². The van der Waals surface area contributed by atoms with Crippen molar-refractivity contribution in [1.29, 1.82) is 0 Å². The average Bonchev–Trinajstić information content (AvgIpc) is 2.47. The molecule has 1 N–H and O–H groups in total. The minimum absolute atomic E-state index is 0.0378. The Hall–Kier alpha value is -1.23. The Morgan fingerprint density at radius 1 is 1.05 bits per heavy atom. The molecule has 0 saturated heterocycles. The molecular formula is C16H15BrClNO2. The molecule has 0 saturated carbocycles. The van der Waals surface area contributed by atoms with E-state index in [1.807, 2.05) is 37.4 Å². The number of halogens is 2. The van der Waals surface area contributed by atoms with Gasteiger partial charge in [-0.2, -0.15) is 0 Å². The summed E-state index contributed by atoms with van der Waals surface area (Å²) < 4.78 is 12.2. The van der Waals surface area contributed by atoms with Gasteiger partial charge in [0.1, 0.15) is 13.2 Å². The number of rotatable bonds is 3. The van der Waals surface area contributed by atoms with Crippen LogP contribution in [0.25, 0.3) is 0 Å². The Labute approximate surface area is 137 Å². The summed E-state index contributed by atoms with van der Waals surface area (Å²) in [6.07, 6.45) is 0. The maximum atomic E-state index is 6.15. The van der Waals surface area contributed by atoms with E-state index in [0.29, 0.717) is 18.2 Å². The Kier molecular flexibility index (Phi) is 4.38. The molecule has 2 aromatic rings. The summed E-state index contributed by atoms with van der Waals surface area (Å²) in [4.78, 5) is 0. The Bertz CT molecular complexity index is 642. The van der Waals surface area contributed by atoms with Gasteiger partial charge < -0.3 is 14.8 Å². The quantitative estimate of drug-likeness (QED) is 0.881. The van der Waals surface area contributed by atoms with Crippen LogP contribution in [0.5, 0.6) is 11.5 Å². The van der Waals surface area contributed by atoms with Crippen molar-refractivity contribution >= 4 is 27.5 Å². The summed E-state index contributed by atoms with van der Waals surface area (Å²) >= 11 is 9.64. The smallest absolute Gasteiger partial charge is 0.161 e. The average molecular weight is 369 g/mol. The SMILES string of the molecule is CNC(c1cc(Cl)cc(Br)c1)c1ccc2c(c1)OCCO2. The fourth-order valence-electron chi connectivity index (χ4n) is 2.51. The molecule has 0 spiro atoms. The zero-order chi connectivity index (χ0) is 14.8. The first kappa shape index (κ1) is 14.7. The van der Waals surface area contributed by atoms with Crippen molar-refractivity contribution in [3.8, 4) is 11.5 Å². The summed E-state index contributed by atoms with van der Waals surface area (Å²) in [6, 6.07) is 12.0. The van der Waals surface area contributed by atoms with Gasteiger partial charge in [0, 0.05) is 9.50 Å². The van der Waals surface area contributed by atoms with E-state index in [-0.39, 0.29) is 6.04 Å². The third kappa shape index (κ3) is 3.18. The van der Waals surface area contributed by atoms with Crippen molar-refractivity contribution < 1.29 is 9.47 Å². The van der Waals surface area contributed by atoms with E-state index in [1.54, 1.807) is 0 Å². The summed E-state index contributed by atoms with van der Waals surface area (Å²) in [5.74, 6) is 1.59. The molecule has 0 aromatic heterocycles. The minimum Gasteiger partial charge on any atom is -0.486 e. The van der Waals surface area contributed by atoms with E-state index >= 15 is 0 Å². The maximum Gasteiger partial charge on any atom is 0.161 e. The highest BCUT2D eigenvalue weighted by Crippen LogP contribution is 2.35. The minimum atomic E-state index is 0.0378. The van der Waals surface area contributed by atoms with Crippen LogP contribution in [0.3, 0.4) is 0 Å². The number of hydrogen-bond donors (Lipinski definition) is 1. The fourth-order valence-corrected chi connectivity index (χ4v) is 3.39. The molecule has 1 heterocycles. The molecule has 110 valence electrons. The molecule has 1 unspecified atom stereocenters. The van der Waals surface area contributed by atoms with Crippen molar-refractivity contribution in [2.75, 3.05) is 20.3 Å². The highest BCUT2D eigenvalue weighted by molar-refractivity contribution is 9.10. The van der Waals surface area contributed by atoms with Crippen LogP contribution in [0.4, 0.5) is 0 Å². The van der Waals surface area contributed by atoms with Gasteiger partial charge in [0.15, 0.2) is 11.5 Å². The molecule has 1 aliphatic rings. The van der Waals surface area contributed by atoms with Crippen molar-refractivity contribution in [2.45, 2.75) is 6.04 Å². The fraction of sp³-hybridized carbons (Fsp3) is 0.250. The van der Waals surface area contributed by atoms with Crippen LogP contribution >= 0.6 is 27.5 Å². The summed E-state index contributed by atoms with van der Waals surface area (Å²) in [5.41, 5.74) is 2.20. The van der Waals surface area contributed by atoms with Crippen LogP contribution in [0.2, 0.25) is 5.02 Å². The van der Waals surface area contributed by atoms with Gasteiger partial charge in [0.25, 0.3) is 0 Å². The van der Waals surface area contributed by atoms with E-state index in [4.69, 9.17) is 21.1 Å². The first-order valence-corrected chi connectivity index (χ1v) is 7.87. The van der Waals surface area contributed by atoms with E-state index in [9.17, 15) is 0 Å². The molecule has 0 aliphatic carbocycles. The zero-order valence-corrected chi connectivity index (χ0v) is 13.9. The molecule has 3 nitrogen and oxygen atoms in total. The molecule has 1 atom stereocenters. The second-order valence-electron chi connectivity index (χ2n) is 4.83. The first-order chi connectivity index (χ1) is 10.2. The molecule has 5 heteroatoms. The summed E-state index contributed by atoms with van der Waals surface area (Å²) in [5, 5.41) is 4.03. The van der Waals surface area contributed by atoms with E-state index in [0.717, 1.165) is 27.1 Å². The predicted molar refractivity (Wildman–Crippen MR) is 87.5 cm³/mol. The Morgan fingerprint density at radius 3 is 2.52 bits per heavy atom. The molecule has 0 fully saturated rings. The molecule has 2 aromatic carbocycles. The predicted octanol–water partition coefficient (Wildman–Crippen LogP) is 4.18. The lowest BCUT2D eigenvalue weighted by molar-refractivity contribution is 0.171. The number of fused-ring (bicyclic) bond motifs is 1. The molecule has 21 heavy (non-hydrogen) atoms. The van der Waals surface area contributed by atoms with E-state index in [1.165, 1.54) is 0 Å². The van der Waals surface area contributed by atoms with Crippen molar-refractivity contribution in [3.63, 3.8) is 0 Å². The van der Waals surface area contributed by atoms with Gasteiger partial charge in [-0.1, -0.05) is 33.6 Å². The van der Waals surface area contributed by atoms with E-state index < -0.39 is 0 Å². The largest absolute Gasteiger partial charge is 0.486 e. The Balaban J connectivity index is 1.99. The summed E-state index contributed by atoms with van der Waals surface area (Å²) in [6.45, 7) is 1.19. The molecule has 0 radical (unpaired) electrons. The lowest BCUT2D eigenvalue weighted by Crippen LogP contribution is -2.19. The van der Waals surface area contributed by atoms with Crippen LogP contribution in [0.1, 0.15) is 17.2 Å². The third-order valence-corrected chi connectivity index (χ3v) is 4.08. The van der Waals surface area contributed by atoms with Gasteiger partial charge in [-0.15, -0.1) is 0 Å². The van der Waals surface area contributed by atoms with Crippen molar-refractivity contribution in [2.24, 2.45) is 0 Å². The molecule has 3 rings (SSSR count). The van der Waals surface area contributed by atoms with Crippen LogP contribution in [-0.2, 0) is 0 Å².